The predicted molar refractivity (Wildman–Crippen MR) is 106 cm³/mol. The van der Waals surface area contributed by atoms with Crippen LogP contribution in [0.25, 0.3) is 0 Å². The summed E-state index contributed by atoms with van der Waals surface area (Å²) < 4.78 is 0. The average Bonchev–Trinajstić information content (AvgIpc) is 3.17. The zero-order chi connectivity index (χ0) is 18.8. The zero-order valence-corrected chi connectivity index (χ0v) is 15.7. The Hall–Kier alpha value is -2.66. The summed E-state index contributed by atoms with van der Waals surface area (Å²) in [4.78, 5) is 31.6. The van der Waals surface area contributed by atoms with Gasteiger partial charge in [0, 0.05) is 44.0 Å². The maximum absolute atomic E-state index is 13.0. The molecule has 5 heteroatoms. The lowest BCUT2D eigenvalue weighted by atomic mass is 10.1. The van der Waals surface area contributed by atoms with Gasteiger partial charge in [-0.3, -0.25) is 14.5 Å². The number of nitrogens with zero attached hydrogens (tertiary/aromatic N) is 3. The minimum Gasteiger partial charge on any atom is -0.336 e. The number of amides is 2. The first-order valence-corrected chi connectivity index (χ1v) is 9.63. The van der Waals surface area contributed by atoms with Crippen LogP contribution in [0.1, 0.15) is 22.8 Å². The van der Waals surface area contributed by atoms with Gasteiger partial charge in [0.15, 0.2) is 0 Å². The molecule has 5 nitrogen and oxygen atoms in total. The molecule has 0 spiro atoms. The molecule has 2 amide bonds. The molecule has 0 saturated carbocycles. The van der Waals surface area contributed by atoms with E-state index in [1.54, 1.807) is 0 Å². The normalized spacial score (nSPS) is 18.3. The molecular weight excluding hydrogens is 338 g/mol. The topological polar surface area (TPSA) is 43.9 Å². The molecule has 1 fully saturated rings. The molecule has 1 atom stereocenters. The van der Waals surface area contributed by atoms with E-state index in [9.17, 15) is 9.59 Å². The fraction of sp³-hybridized carbons (Fsp3) is 0.364. The van der Waals surface area contributed by atoms with Crippen molar-refractivity contribution in [2.45, 2.75) is 19.4 Å². The number of piperazine rings is 1. The molecule has 27 heavy (non-hydrogen) atoms. The van der Waals surface area contributed by atoms with Crippen molar-refractivity contribution in [1.29, 1.82) is 0 Å². The van der Waals surface area contributed by atoms with Crippen molar-refractivity contribution < 1.29 is 9.59 Å². The van der Waals surface area contributed by atoms with E-state index in [0.29, 0.717) is 13.1 Å². The summed E-state index contributed by atoms with van der Waals surface area (Å²) in [7, 11) is 0. The number of para-hydroxylation sites is 1. The summed E-state index contributed by atoms with van der Waals surface area (Å²) in [5, 5.41) is 0. The minimum atomic E-state index is -0.176. The molecule has 0 aromatic heterocycles. The number of hydrogen-bond donors (Lipinski definition) is 0. The van der Waals surface area contributed by atoms with E-state index in [4.69, 9.17) is 0 Å². The third kappa shape index (κ3) is 3.47. The van der Waals surface area contributed by atoms with Crippen molar-refractivity contribution in [3.8, 4) is 0 Å². The SMILES string of the molecule is C[C@@H](C(=O)N1CCc2ccccc21)N1CCN(C(=O)c2ccccc2)CC1. The van der Waals surface area contributed by atoms with E-state index in [1.807, 2.05) is 65.3 Å². The molecule has 0 aliphatic carbocycles. The number of carbonyl (C=O) groups excluding carboxylic acids is 2. The first-order valence-electron chi connectivity index (χ1n) is 9.63. The summed E-state index contributed by atoms with van der Waals surface area (Å²) in [6, 6.07) is 17.4. The van der Waals surface area contributed by atoms with Crippen LogP contribution in [0.2, 0.25) is 0 Å². The van der Waals surface area contributed by atoms with Gasteiger partial charge in [0.25, 0.3) is 5.91 Å². The fourth-order valence-corrected chi connectivity index (χ4v) is 4.02. The Bertz CT molecular complexity index is 828. The molecule has 140 valence electrons. The number of fused-ring (bicyclic) bond motifs is 1. The molecule has 2 aromatic rings. The third-order valence-corrected chi connectivity index (χ3v) is 5.68. The van der Waals surface area contributed by atoms with Crippen LogP contribution in [0.5, 0.6) is 0 Å². The molecule has 0 N–H and O–H groups in total. The zero-order valence-electron chi connectivity index (χ0n) is 15.7. The van der Waals surface area contributed by atoms with Crippen molar-refractivity contribution in [2.24, 2.45) is 0 Å². The van der Waals surface area contributed by atoms with Gasteiger partial charge in [0.1, 0.15) is 0 Å². The Morgan fingerprint density at radius 3 is 2.26 bits per heavy atom. The van der Waals surface area contributed by atoms with E-state index in [1.165, 1.54) is 5.56 Å². The second-order valence-electron chi connectivity index (χ2n) is 7.24. The molecule has 0 unspecified atom stereocenters. The predicted octanol–water partition coefficient (Wildman–Crippen LogP) is 2.42. The van der Waals surface area contributed by atoms with Gasteiger partial charge in [0.05, 0.1) is 6.04 Å². The van der Waals surface area contributed by atoms with Crippen LogP contribution in [0.4, 0.5) is 5.69 Å². The van der Waals surface area contributed by atoms with Crippen LogP contribution in [0.3, 0.4) is 0 Å². The van der Waals surface area contributed by atoms with Gasteiger partial charge in [0.2, 0.25) is 5.91 Å². The van der Waals surface area contributed by atoms with E-state index in [-0.39, 0.29) is 17.9 Å². The molecule has 1 saturated heterocycles. The lowest BCUT2D eigenvalue weighted by Gasteiger charge is -2.38. The van der Waals surface area contributed by atoms with Crippen LogP contribution >= 0.6 is 0 Å². The number of carbonyl (C=O) groups is 2. The number of benzene rings is 2. The van der Waals surface area contributed by atoms with Crippen LogP contribution in [-0.2, 0) is 11.2 Å². The summed E-state index contributed by atoms with van der Waals surface area (Å²) >= 11 is 0. The van der Waals surface area contributed by atoms with Gasteiger partial charge in [-0.2, -0.15) is 0 Å². The molecule has 2 aromatic carbocycles. The number of hydrogen-bond acceptors (Lipinski definition) is 3. The van der Waals surface area contributed by atoms with Gasteiger partial charge in [-0.05, 0) is 37.1 Å². The Labute approximate surface area is 160 Å². The van der Waals surface area contributed by atoms with E-state index in [0.717, 1.165) is 37.3 Å². The Balaban J connectivity index is 1.37. The first-order chi connectivity index (χ1) is 13.1. The van der Waals surface area contributed by atoms with Crippen molar-refractivity contribution in [2.75, 3.05) is 37.6 Å². The smallest absolute Gasteiger partial charge is 0.253 e. The third-order valence-electron chi connectivity index (χ3n) is 5.68. The van der Waals surface area contributed by atoms with Crippen LogP contribution in [0, 0.1) is 0 Å². The van der Waals surface area contributed by atoms with Gasteiger partial charge in [-0.15, -0.1) is 0 Å². The molecular formula is C22H25N3O2. The largest absolute Gasteiger partial charge is 0.336 e. The van der Waals surface area contributed by atoms with E-state index >= 15 is 0 Å². The van der Waals surface area contributed by atoms with Gasteiger partial charge in [-0.1, -0.05) is 36.4 Å². The highest BCUT2D eigenvalue weighted by molar-refractivity contribution is 5.98. The second-order valence-corrected chi connectivity index (χ2v) is 7.24. The van der Waals surface area contributed by atoms with Crippen LogP contribution < -0.4 is 4.90 Å². The number of anilines is 1. The highest BCUT2D eigenvalue weighted by Gasteiger charge is 2.33. The summed E-state index contributed by atoms with van der Waals surface area (Å²) in [6.45, 7) is 5.50. The minimum absolute atomic E-state index is 0.0719. The molecule has 2 aliphatic heterocycles. The fourth-order valence-electron chi connectivity index (χ4n) is 4.02. The first kappa shape index (κ1) is 17.7. The van der Waals surface area contributed by atoms with Gasteiger partial charge in [-0.25, -0.2) is 0 Å². The van der Waals surface area contributed by atoms with Crippen molar-refractivity contribution >= 4 is 17.5 Å². The lowest BCUT2D eigenvalue weighted by molar-refractivity contribution is -0.123. The average molecular weight is 363 g/mol. The van der Waals surface area contributed by atoms with Gasteiger partial charge < -0.3 is 9.80 Å². The Morgan fingerprint density at radius 2 is 1.52 bits per heavy atom. The summed E-state index contributed by atoms with van der Waals surface area (Å²) in [6.07, 6.45) is 0.925. The maximum atomic E-state index is 13.0. The monoisotopic (exact) mass is 363 g/mol. The highest BCUT2D eigenvalue weighted by atomic mass is 16.2. The van der Waals surface area contributed by atoms with Crippen molar-refractivity contribution in [3.05, 3.63) is 65.7 Å². The molecule has 0 bridgehead atoms. The lowest BCUT2D eigenvalue weighted by Crippen LogP contribution is -2.55. The Kier molecular flexibility index (Phi) is 4.94. The van der Waals surface area contributed by atoms with Gasteiger partial charge >= 0.3 is 0 Å². The standard InChI is InChI=1S/C22H25N3O2/c1-17(21(26)25-12-11-18-7-5-6-10-20(18)25)23-13-15-24(16-14-23)22(27)19-8-3-2-4-9-19/h2-10,17H,11-16H2,1H3/t17-/m0/s1. The quantitative estimate of drug-likeness (QED) is 0.841. The summed E-state index contributed by atoms with van der Waals surface area (Å²) in [5.41, 5.74) is 3.02. The number of rotatable bonds is 3. The highest BCUT2D eigenvalue weighted by Crippen LogP contribution is 2.28. The molecule has 0 radical (unpaired) electrons. The second kappa shape index (κ2) is 7.53. The van der Waals surface area contributed by atoms with Crippen molar-refractivity contribution in [1.82, 2.24) is 9.80 Å². The molecule has 2 heterocycles. The van der Waals surface area contributed by atoms with Crippen LogP contribution in [0.15, 0.2) is 54.6 Å². The summed E-state index contributed by atoms with van der Waals surface area (Å²) in [5.74, 6) is 0.227. The maximum Gasteiger partial charge on any atom is 0.253 e. The van der Waals surface area contributed by atoms with E-state index < -0.39 is 0 Å². The molecule has 2 aliphatic rings. The van der Waals surface area contributed by atoms with Crippen LogP contribution in [-0.4, -0.2) is 60.4 Å². The van der Waals surface area contributed by atoms with Crippen molar-refractivity contribution in [3.63, 3.8) is 0 Å². The Morgan fingerprint density at radius 1 is 0.852 bits per heavy atom. The van der Waals surface area contributed by atoms with E-state index in [2.05, 4.69) is 11.0 Å². The molecule has 4 rings (SSSR count).